The fraction of sp³-hybridized carbons (Fsp3) is 0.688. The van der Waals surface area contributed by atoms with E-state index in [-0.39, 0.29) is 0 Å². The van der Waals surface area contributed by atoms with Crippen LogP contribution in [-0.4, -0.2) is 44.1 Å². The summed E-state index contributed by atoms with van der Waals surface area (Å²) >= 11 is 1.79. The molecule has 2 N–H and O–H groups in total. The summed E-state index contributed by atoms with van der Waals surface area (Å²) in [5.41, 5.74) is 1.35. The number of aryl methyl sites for hydroxylation is 1. The number of unbranched alkanes of at least 4 members (excludes halogenated alkanes) is 1. The molecular formula is C16H30N4S. The molecule has 0 aromatic carbocycles. The number of guanidine groups is 1. The van der Waals surface area contributed by atoms with Crippen molar-refractivity contribution in [3.8, 4) is 0 Å². The van der Waals surface area contributed by atoms with Gasteiger partial charge in [0.05, 0.1) is 6.54 Å². The fourth-order valence-electron chi connectivity index (χ4n) is 1.92. The third kappa shape index (κ3) is 6.96. The summed E-state index contributed by atoms with van der Waals surface area (Å²) in [4.78, 5) is 8.02. The second kappa shape index (κ2) is 9.79. The SMILES string of the molecule is CN=C(NCCCCN(C)C(C)C)NCc1sccc1C. The minimum absolute atomic E-state index is 0.626. The molecule has 5 heteroatoms. The minimum Gasteiger partial charge on any atom is -0.356 e. The molecule has 0 aliphatic rings. The monoisotopic (exact) mass is 310 g/mol. The molecule has 0 saturated carbocycles. The summed E-state index contributed by atoms with van der Waals surface area (Å²) in [6.45, 7) is 9.58. The van der Waals surface area contributed by atoms with Crippen LogP contribution >= 0.6 is 11.3 Å². The van der Waals surface area contributed by atoms with Crippen molar-refractivity contribution in [3.05, 3.63) is 21.9 Å². The van der Waals surface area contributed by atoms with E-state index in [0.717, 1.165) is 32.0 Å². The van der Waals surface area contributed by atoms with Crippen molar-refractivity contribution >= 4 is 17.3 Å². The summed E-state index contributed by atoms with van der Waals surface area (Å²) in [7, 11) is 4.01. The van der Waals surface area contributed by atoms with Crippen LogP contribution in [0, 0.1) is 6.92 Å². The summed E-state index contributed by atoms with van der Waals surface area (Å²) in [6.07, 6.45) is 2.37. The Morgan fingerprint density at radius 3 is 2.67 bits per heavy atom. The minimum atomic E-state index is 0.626. The van der Waals surface area contributed by atoms with E-state index in [9.17, 15) is 0 Å². The number of aliphatic imine (C=N–C) groups is 1. The Kier molecular flexibility index (Phi) is 8.38. The van der Waals surface area contributed by atoms with Crippen molar-refractivity contribution < 1.29 is 0 Å². The zero-order valence-electron chi connectivity index (χ0n) is 14.1. The van der Waals surface area contributed by atoms with Gasteiger partial charge in [-0.25, -0.2) is 0 Å². The van der Waals surface area contributed by atoms with Gasteiger partial charge in [-0.3, -0.25) is 4.99 Å². The van der Waals surface area contributed by atoms with Gasteiger partial charge in [0.1, 0.15) is 0 Å². The van der Waals surface area contributed by atoms with Crippen LogP contribution in [0.15, 0.2) is 16.4 Å². The van der Waals surface area contributed by atoms with Gasteiger partial charge >= 0.3 is 0 Å². The molecule has 120 valence electrons. The maximum absolute atomic E-state index is 4.27. The lowest BCUT2D eigenvalue weighted by atomic mass is 10.2. The number of nitrogens with one attached hydrogen (secondary N) is 2. The van der Waals surface area contributed by atoms with Gasteiger partial charge in [0.2, 0.25) is 0 Å². The molecule has 0 aliphatic carbocycles. The van der Waals surface area contributed by atoms with Crippen molar-refractivity contribution in [1.29, 1.82) is 0 Å². The Morgan fingerprint density at radius 1 is 1.33 bits per heavy atom. The van der Waals surface area contributed by atoms with Gasteiger partial charge in [-0.15, -0.1) is 11.3 Å². The summed E-state index contributed by atoms with van der Waals surface area (Å²) in [5.74, 6) is 0.889. The topological polar surface area (TPSA) is 39.7 Å². The van der Waals surface area contributed by atoms with E-state index in [4.69, 9.17) is 0 Å². The maximum Gasteiger partial charge on any atom is 0.191 e. The lowest BCUT2D eigenvalue weighted by Gasteiger charge is -2.20. The molecule has 21 heavy (non-hydrogen) atoms. The van der Waals surface area contributed by atoms with E-state index in [1.807, 2.05) is 7.05 Å². The molecule has 0 aliphatic heterocycles. The summed E-state index contributed by atoms with van der Waals surface area (Å²) in [6, 6.07) is 2.78. The first-order valence-electron chi connectivity index (χ1n) is 7.72. The van der Waals surface area contributed by atoms with E-state index < -0.39 is 0 Å². The molecule has 1 heterocycles. The summed E-state index contributed by atoms with van der Waals surface area (Å²) in [5, 5.41) is 8.88. The van der Waals surface area contributed by atoms with Crippen LogP contribution in [0.3, 0.4) is 0 Å². The average molecular weight is 311 g/mol. The van der Waals surface area contributed by atoms with Crippen LogP contribution in [-0.2, 0) is 6.54 Å². The highest BCUT2D eigenvalue weighted by Crippen LogP contribution is 2.14. The van der Waals surface area contributed by atoms with E-state index in [1.165, 1.54) is 16.9 Å². The molecule has 0 spiro atoms. The normalized spacial score (nSPS) is 12.2. The molecule has 0 bridgehead atoms. The van der Waals surface area contributed by atoms with Crippen molar-refractivity contribution in [2.75, 3.05) is 27.2 Å². The third-order valence-corrected chi connectivity index (χ3v) is 4.74. The molecule has 0 radical (unpaired) electrons. The third-order valence-electron chi connectivity index (χ3n) is 3.72. The number of rotatable bonds is 8. The molecule has 0 unspecified atom stereocenters. The Hall–Kier alpha value is -1.07. The van der Waals surface area contributed by atoms with Crippen LogP contribution in [0.4, 0.5) is 0 Å². The van der Waals surface area contributed by atoms with Crippen LogP contribution < -0.4 is 10.6 Å². The van der Waals surface area contributed by atoms with Crippen LogP contribution in [0.25, 0.3) is 0 Å². The lowest BCUT2D eigenvalue weighted by Crippen LogP contribution is -2.37. The highest BCUT2D eigenvalue weighted by atomic mass is 32.1. The Morgan fingerprint density at radius 2 is 2.10 bits per heavy atom. The predicted molar refractivity (Wildman–Crippen MR) is 94.3 cm³/mol. The Labute approximate surface area is 133 Å². The highest BCUT2D eigenvalue weighted by molar-refractivity contribution is 7.10. The number of hydrogen-bond donors (Lipinski definition) is 2. The summed E-state index contributed by atoms with van der Waals surface area (Å²) < 4.78 is 0. The molecule has 0 fully saturated rings. The van der Waals surface area contributed by atoms with Crippen LogP contribution in [0.1, 0.15) is 37.1 Å². The Balaban J connectivity index is 2.16. The van der Waals surface area contributed by atoms with E-state index in [2.05, 4.69) is 59.8 Å². The quantitative estimate of drug-likeness (QED) is 0.441. The van der Waals surface area contributed by atoms with Crippen LogP contribution in [0.2, 0.25) is 0 Å². The molecule has 0 saturated heterocycles. The van der Waals surface area contributed by atoms with E-state index in [0.29, 0.717) is 6.04 Å². The first-order valence-corrected chi connectivity index (χ1v) is 8.60. The maximum atomic E-state index is 4.27. The molecule has 4 nitrogen and oxygen atoms in total. The average Bonchev–Trinajstić information content (AvgIpc) is 2.86. The second-order valence-electron chi connectivity index (χ2n) is 5.66. The van der Waals surface area contributed by atoms with Crippen molar-refractivity contribution in [2.24, 2.45) is 4.99 Å². The van der Waals surface area contributed by atoms with Gasteiger partial charge < -0.3 is 15.5 Å². The predicted octanol–water partition coefficient (Wildman–Crippen LogP) is 2.84. The fourth-order valence-corrected chi connectivity index (χ4v) is 2.77. The van der Waals surface area contributed by atoms with Gasteiger partial charge in [-0.05, 0) is 64.2 Å². The largest absolute Gasteiger partial charge is 0.356 e. The number of thiophene rings is 1. The van der Waals surface area contributed by atoms with Crippen molar-refractivity contribution in [3.63, 3.8) is 0 Å². The standard InChI is InChI=1S/C16H30N4S/c1-13(2)20(5)10-7-6-9-18-16(17-4)19-12-15-14(3)8-11-21-15/h8,11,13H,6-7,9-10,12H2,1-5H3,(H2,17,18,19). The van der Waals surface area contributed by atoms with Gasteiger partial charge in [0, 0.05) is 24.5 Å². The molecule has 1 aromatic rings. The number of hydrogen-bond acceptors (Lipinski definition) is 3. The highest BCUT2D eigenvalue weighted by Gasteiger charge is 2.03. The molecule has 1 aromatic heterocycles. The van der Waals surface area contributed by atoms with Crippen molar-refractivity contribution in [1.82, 2.24) is 15.5 Å². The molecule has 1 rings (SSSR count). The molecule has 0 amide bonds. The first kappa shape index (κ1) is 18.0. The zero-order chi connectivity index (χ0) is 15.7. The van der Waals surface area contributed by atoms with Crippen molar-refractivity contribution in [2.45, 2.75) is 46.2 Å². The van der Waals surface area contributed by atoms with Crippen LogP contribution in [0.5, 0.6) is 0 Å². The van der Waals surface area contributed by atoms with Gasteiger partial charge in [0.25, 0.3) is 0 Å². The van der Waals surface area contributed by atoms with E-state index in [1.54, 1.807) is 11.3 Å². The molecular weight excluding hydrogens is 280 g/mol. The second-order valence-corrected chi connectivity index (χ2v) is 6.66. The zero-order valence-corrected chi connectivity index (χ0v) is 14.9. The Bertz CT molecular complexity index is 426. The van der Waals surface area contributed by atoms with E-state index >= 15 is 0 Å². The van der Waals surface area contributed by atoms with Gasteiger partial charge in [-0.1, -0.05) is 0 Å². The van der Waals surface area contributed by atoms with Gasteiger partial charge in [0.15, 0.2) is 5.96 Å². The smallest absolute Gasteiger partial charge is 0.191 e. The molecule has 0 atom stereocenters. The van der Waals surface area contributed by atoms with Gasteiger partial charge in [-0.2, -0.15) is 0 Å². The first-order chi connectivity index (χ1) is 10.0. The lowest BCUT2D eigenvalue weighted by molar-refractivity contribution is 0.268. The number of nitrogens with zero attached hydrogens (tertiary/aromatic N) is 2.